The van der Waals surface area contributed by atoms with E-state index < -0.39 is 0 Å². The molecule has 1 aliphatic carbocycles. The zero-order chi connectivity index (χ0) is 15.4. The van der Waals surface area contributed by atoms with Gasteiger partial charge in [-0.3, -0.25) is 4.90 Å². The molecule has 1 aromatic rings. The molecule has 3 nitrogen and oxygen atoms in total. The molecule has 3 unspecified atom stereocenters. The van der Waals surface area contributed by atoms with Crippen LogP contribution in [0.2, 0.25) is 0 Å². The number of anilines is 1. The molecule has 0 aromatic heterocycles. The third-order valence-electron chi connectivity index (χ3n) is 5.10. The van der Waals surface area contributed by atoms with Gasteiger partial charge in [-0.15, -0.1) is 0 Å². The van der Waals surface area contributed by atoms with E-state index in [1.54, 1.807) is 0 Å². The SMILES string of the molecule is CCN(C(C)c1ccc(N(C)C)cc1)C1CCCC1CN. The summed E-state index contributed by atoms with van der Waals surface area (Å²) in [7, 11) is 4.17. The van der Waals surface area contributed by atoms with E-state index >= 15 is 0 Å². The highest BCUT2D eigenvalue weighted by atomic mass is 15.2. The minimum atomic E-state index is 0.461. The molecular formula is C18H31N3. The molecule has 2 rings (SSSR count). The highest BCUT2D eigenvalue weighted by Crippen LogP contribution is 2.34. The quantitative estimate of drug-likeness (QED) is 0.872. The molecule has 0 aliphatic heterocycles. The Morgan fingerprint density at radius 2 is 1.86 bits per heavy atom. The largest absolute Gasteiger partial charge is 0.378 e. The van der Waals surface area contributed by atoms with Crippen LogP contribution in [0.15, 0.2) is 24.3 Å². The zero-order valence-electron chi connectivity index (χ0n) is 14.0. The maximum atomic E-state index is 5.98. The Morgan fingerprint density at radius 1 is 1.19 bits per heavy atom. The van der Waals surface area contributed by atoms with Crippen molar-refractivity contribution in [3.63, 3.8) is 0 Å². The second-order valence-corrected chi connectivity index (χ2v) is 6.49. The summed E-state index contributed by atoms with van der Waals surface area (Å²) in [5, 5.41) is 0. The van der Waals surface area contributed by atoms with Crippen LogP contribution in [-0.2, 0) is 0 Å². The highest BCUT2D eigenvalue weighted by Gasteiger charge is 2.33. The first-order valence-corrected chi connectivity index (χ1v) is 8.31. The summed E-state index contributed by atoms with van der Waals surface area (Å²) >= 11 is 0. The summed E-state index contributed by atoms with van der Waals surface area (Å²) in [5.74, 6) is 0.674. The molecule has 118 valence electrons. The van der Waals surface area contributed by atoms with E-state index in [2.05, 4.69) is 62.0 Å². The van der Waals surface area contributed by atoms with Gasteiger partial charge in [0.05, 0.1) is 0 Å². The molecule has 1 aliphatic rings. The molecule has 21 heavy (non-hydrogen) atoms. The predicted molar refractivity (Wildman–Crippen MR) is 91.7 cm³/mol. The molecule has 1 fully saturated rings. The van der Waals surface area contributed by atoms with Gasteiger partial charge in [-0.2, -0.15) is 0 Å². The van der Waals surface area contributed by atoms with E-state index in [0.717, 1.165) is 13.1 Å². The van der Waals surface area contributed by atoms with Gasteiger partial charge in [0.1, 0.15) is 0 Å². The van der Waals surface area contributed by atoms with Gasteiger partial charge in [0.2, 0.25) is 0 Å². The van der Waals surface area contributed by atoms with Crippen LogP contribution in [0, 0.1) is 5.92 Å². The van der Waals surface area contributed by atoms with Crippen LogP contribution < -0.4 is 10.6 Å². The maximum Gasteiger partial charge on any atom is 0.0361 e. The van der Waals surface area contributed by atoms with Crippen molar-refractivity contribution in [3.05, 3.63) is 29.8 Å². The van der Waals surface area contributed by atoms with Crippen LogP contribution in [0.1, 0.15) is 44.7 Å². The normalized spacial score (nSPS) is 23.5. The van der Waals surface area contributed by atoms with Crippen LogP contribution in [0.5, 0.6) is 0 Å². The van der Waals surface area contributed by atoms with Crippen molar-refractivity contribution in [1.82, 2.24) is 4.90 Å². The number of nitrogens with two attached hydrogens (primary N) is 1. The minimum Gasteiger partial charge on any atom is -0.378 e. The Bertz CT molecular complexity index is 427. The Hall–Kier alpha value is -1.06. The summed E-state index contributed by atoms with van der Waals surface area (Å²) < 4.78 is 0. The lowest BCUT2D eigenvalue weighted by molar-refractivity contribution is 0.123. The molecule has 0 radical (unpaired) electrons. The Balaban J connectivity index is 2.13. The molecule has 0 spiro atoms. The summed E-state index contributed by atoms with van der Waals surface area (Å²) in [6, 6.07) is 10.1. The summed E-state index contributed by atoms with van der Waals surface area (Å²) in [6.07, 6.45) is 3.93. The summed E-state index contributed by atoms with van der Waals surface area (Å²) in [6.45, 7) is 6.53. The first kappa shape index (κ1) is 16.3. The topological polar surface area (TPSA) is 32.5 Å². The number of hydrogen-bond donors (Lipinski definition) is 1. The van der Waals surface area contributed by atoms with Crippen molar-refractivity contribution < 1.29 is 0 Å². The monoisotopic (exact) mass is 289 g/mol. The molecule has 0 heterocycles. The fourth-order valence-electron chi connectivity index (χ4n) is 3.77. The van der Waals surface area contributed by atoms with Crippen molar-refractivity contribution in [1.29, 1.82) is 0 Å². The second-order valence-electron chi connectivity index (χ2n) is 6.49. The van der Waals surface area contributed by atoms with E-state index in [9.17, 15) is 0 Å². The zero-order valence-corrected chi connectivity index (χ0v) is 14.0. The van der Waals surface area contributed by atoms with Crippen LogP contribution in [0.4, 0.5) is 5.69 Å². The first-order chi connectivity index (χ1) is 10.1. The standard InChI is InChI=1S/C18H31N3/c1-5-21(18-8-6-7-16(18)13-19)14(2)15-9-11-17(12-10-15)20(3)4/h9-12,14,16,18H,5-8,13,19H2,1-4H3. The fourth-order valence-corrected chi connectivity index (χ4v) is 3.77. The smallest absolute Gasteiger partial charge is 0.0361 e. The van der Waals surface area contributed by atoms with E-state index in [-0.39, 0.29) is 0 Å². The van der Waals surface area contributed by atoms with Crippen molar-refractivity contribution in [2.24, 2.45) is 11.7 Å². The van der Waals surface area contributed by atoms with Gasteiger partial charge < -0.3 is 10.6 Å². The van der Waals surface area contributed by atoms with E-state index in [1.165, 1.54) is 30.5 Å². The van der Waals surface area contributed by atoms with Gasteiger partial charge in [-0.1, -0.05) is 25.5 Å². The number of rotatable bonds is 6. The lowest BCUT2D eigenvalue weighted by Crippen LogP contribution is -2.41. The van der Waals surface area contributed by atoms with Crippen LogP contribution in [0.3, 0.4) is 0 Å². The van der Waals surface area contributed by atoms with E-state index in [1.807, 2.05) is 0 Å². The molecule has 0 bridgehead atoms. The molecular weight excluding hydrogens is 258 g/mol. The van der Waals surface area contributed by atoms with E-state index in [4.69, 9.17) is 5.73 Å². The van der Waals surface area contributed by atoms with Crippen LogP contribution >= 0.6 is 0 Å². The molecule has 1 aromatic carbocycles. The summed E-state index contributed by atoms with van der Waals surface area (Å²) in [4.78, 5) is 4.79. The fraction of sp³-hybridized carbons (Fsp3) is 0.667. The van der Waals surface area contributed by atoms with Gasteiger partial charge >= 0.3 is 0 Å². The van der Waals surface area contributed by atoms with Crippen molar-refractivity contribution >= 4 is 5.69 Å². The molecule has 0 amide bonds. The predicted octanol–water partition coefficient (Wildman–Crippen LogP) is 3.26. The van der Waals surface area contributed by atoms with Crippen LogP contribution in [-0.4, -0.2) is 38.1 Å². The summed E-state index contributed by atoms with van der Waals surface area (Å²) in [5.41, 5.74) is 8.64. The average Bonchev–Trinajstić information content (AvgIpc) is 2.96. The third kappa shape index (κ3) is 3.58. The number of hydrogen-bond acceptors (Lipinski definition) is 3. The Kier molecular flexibility index (Phi) is 5.65. The van der Waals surface area contributed by atoms with Gasteiger partial charge in [-0.05, 0) is 56.5 Å². The molecule has 3 heteroatoms. The highest BCUT2D eigenvalue weighted by molar-refractivity contribution is 5.46. The number of benzene rings is 1. The molecule has 2 N–H and O–H groups in total. The van der Waals surface area contributed by atoms with Crippen molar-refractivity contribution in [3.8, 4) is 0 Å². The Labute approximate surface area is 130 Å². The first-order valence-electron chi connectivity index (χ1n) is 8.31. The Morgan fingerprint density at radius 3 is 2.38 bits per heavy atom. The van der Waals surface area contributed by atoms with E-state index in [0.29, 0.717) is 18.0 Å². The van der Waals surface area contributed by atoms with Gasteiger partial charge in [-0.25, -0.2) is 0 Å². The molecule has 3 atom stereocenters. The maximum absolute atomic E-state index is 5.98. The lowest BCUT2D eigenvalue weighted by atomic mass is 9.98. The third-order valence-corrected chi connectivity index (χ3v) is 5.10. The van der Waals surface area contributed by atoms with Gasteiger partial charge in [0, 0.05) is 31.9 Å². The lowest BCUT2D eigenvalue weighted by Gasteiger charge is -2.37. The van der Waals surface area contributed by atoms with Crippen molar-refractivity contribution in [2.75, 3.05) is 32.1 Å². The minimum absolute atomic E-state index is 0.461. The molecule has 1 saturated carbocycles. The average molecular weight is 289 g/mol. The second kappa shape index (κ2) is 7.28. The number of nitrogens with zero attached hydrogens (tertiary/aromatic N) is 2. The van der Waals surface area contributed by atoms with Gasteiger partial charge in [0.15, 0.2) is 0 Å². The molecule has 0 saturated heterocycles. The van der Waals surface area contributed by atoms with Crippen molar-refractivity contribution in [2.45, 2.75) is 45.2 Å². The van der Waals surface area contributed by atoms with Crippen LogP contribution in [0.25, 0.3) is 0 Å². The van der Waals surface area contributed by atoms with Gasteiger partial charge in [0.25, 0.3) is 0 Å².